The first-order valence-corrected chi connectivity index (χ1v) is 7.92. The number of hydrogen-bond donors (Lipinski definition) is 2. The first-order chi connectivity index (χ1) is 11.5. The molecule has 126 valence electrons. The second kappa shape index (κ2) is 8.15. The van der Waals surface area contributed by atoms with Crippen LogP contribution in [0.2, 0.25) is 0 Å². The van der Waals surface area contributed by atoms with Gasteiger partial charge in [0.1, 0.15) is 5.75 Å². The molecule has 0 radical (unpaired) electrons. The summed E-state index contributed by atoms with van der Waals surface area (Å²) in [6, 6.07) is 12.5. The second-order valence-electron chi connectivity index (χ2n) is 5.51. The van der Waals surface area contributed by atoms with Gasteiger partial charge in [-0.2, -0.15) is 0 Å². The normalized spacial score (nSPS) is 10.1. The Morgan fingerprint density at radius 1 is 1.08 bits per heavy atom. The SMILES string of the molecule is CCCOc1ccccc1C(=O)Nc1ccc(C)c(NC(C)=O)c1. The molecule has 2 amide bonds. The molecule has 0 bridgehead atoms. The summed E-state index contributed by atoms with van der Waals surface area (Å²) in [5, 5.41) is 5.60. The summed E-state index contributed by atoms with van der Waals surface area (Å²) in [6.07, 6.45) is 0.869. The summed E-state index contributed by atoms with van der Waals surface area (Å²) in [5.74, 6) is 0.158. The van der Waals surface area contributed by atoms with Crippen molar-refractivity contribution in [2.24, 2.45) is 0 Å². The minimum absolute atomic E-state index is 0.153. The van der Waals surface area contributed by atoms with Crippen LogP contribution in [0.25, 0.3) is 0 Å². The monoisotopic (exact) mass is 326 g/mol. The van der Waals surface area contributed by atoms with Gasteiger partial charge < -0.3 is 15.4 Å². The van der Waals surface area contributed by atoms with E-state index in [1.807, 2.05) is 26.0 Å². The van der Waals surface area contributed by atoms with Crippen molar-refractivity contribution in [3.05, 3.63) is 53.6 Å². The van der Waals surface area contributed by atoms with Crippen LogP contribution in [0.1, 0.15) is 36.2 Å². The molecule has 0 aromatic heterocycles. The zero-order valence-corrected chi connectivity index (χ0v) is 14.2. The molecule has 24 heavy (non-hydrogen) atoms. The van der Waals surface area contributed by atoms with Crippen LogP contribution in [-0.4, -0.2) is 18.4 Å². The van der Waals surface area contributed by atoms with Crippen molar-refractivity contribution in [2.45, 2.75) is 27.2 Å². The van der Waals surface area contributed by atoms with Crippen LogP contribution in [0.3, 0.4) is 0 Å². The van der Waals surface area contributed by atoms with Crippen LogP contribution >= 0.6 is 0 Å². The van der Waals surface area contributed by atoms with Gasteiger partial charge in [0, 0.05) is 18.3 Å². The van der Waals surface area contributed by atoms with Gasteiger partial charge in [0.2, 0.25) is 5.91 Å². The number of rotatable bonds is 6. The van der Waals surface area contributed by atoms with E-state index in [0.717, 1.165) is 12.0 Å². The van der Waals surface area contributed by atoms with E-state index in [4.69, 9.17) is 4.74 Å². The maximum Gasteiger partial charge on any atom is 0.259 e. The number of carbonyl (C=O) groups excluding carboxylic acids is 2. The lowest BCUT2D eigenvalue weighted by atomic mass is 10.1. The van der Waals surface area contributed by atoms with Crippen molar-refractivity contribution in [1.29, 1.82) is 0 Å². The molecule has 0 fully saturated rings. The Morgan fingerprint density at radius 2 is 1.83 bits per heavy atom. The lowest BCUT2D eigenvalue weighted by Gasteiger charge is -2.13. The molecule has 2 aromatic carbocycles. The predicted octanol–water partition coefficient (Wildman–Crippen LogP) is 3.99. The average molecular weight is 326 g/mol. The molecule has 5 nitrogen and oxygen atoms in total. The van der Waals surface area contributed by atoms with E-state index in [1.165, 1.54) is 6.92 Å². The van der Waals surface area contributed by atoms with Crippen LogP contribution in [0.4, 0.5) is 11.4 Å². The number of hydrogen-bond acceptors (Lipinski definition) is 3. The molecule has 0 saturated heterocycles. The largest absolute Gasteiger partial charge is 0.493 e. The Hall–Kier alpha value is -2.82. The van der Waals surface area contributed by atoms with Gasteiger partial charge in [-0.05, 0) is 43.2 Å². The van der Waals surface area contributed by atoms with Gasteiger partial charge in [-0.25, -0.2) is 0 Å². The van der Waals surface area contributed by atoms with Crippen molar-refractivity contribution < 1.29 is 14.3 Å². The molecule has 0 aliphatic rings. The molecule has 0 unspecified atom stereocenters. The number of nitrogens with one attached hydrogen (secondary N) is 2. The lowest BCUT2D eigenvalue weighted by Crippen LogP contribution is -2.14. The van der Waals surface area contributed by atoms with Crippen LogP contribution in [-0.2, 0) is 4.79 Å². The Morgan fingerprint density at radius 3 is 2.54 bits per heavy atom. The molecule has 0 saturated carbocycles. The van der Waals surface area contributed by atoms with E-state index < -0.39 is 0 Å². The molecular weight excluding hydrogens is 304 g/mol. The fraction of sp³-hybridized carbons (Fsp3) is 0.263. The summed E-state index contributed by atoms with van der Waals surface area (Å²) in [6.45, 7) is 5.91. The van der Waals surface area contributed by atoms with Gasteiger partial charge in [-0.3, -0.25) is 9.59 Å². The molecule has 0 spiro atoms. The molecule has 2 aromatic rings. The van der Waals surface area contributed by atoms with Crippen molar-refractivity contribution >= 4 is 23.2 Å². The smallest absolute Gasteiger partial charge is 0.259 e. The second-order valence-corrected chi connectivity index (χ2v) is 5.51. The van der Waals surface area contributed by atoms with E-state index in [2.05, 4.69) is 10.6 Å². The quantitative estimate of drug-likeness (QED) is 0.843. The van der Waals surface area contributed by atoms with Gasteiger partial charge >= 0.3 is 0 Å². The van der Waals surface area contributed by atoms with E-state index >= 15 is 0 Å². The molecule has 0 atom stereocenters. The standard InChI is InChI=1S/C19H22N2O3/c1-4-11-24-18-8-6-5-7-16(18)19(23)21-15-10-9-13(2)17(12-15)20-14(3)22/h5-10,12H,4,11H2,1-3H3,(H,20,22)(H,21,23). The maximum atomic E-state index is 12.5. The number of aryl methyl sites for hydroxylation is 1. The summed E-state index contributed by atoms with van der Waals surface area (Å²) in [4.78, 5) is 23.8. The Labute approximate surface area is 142 Å². The highest BCUT2D eigenvalue weighted by atomic mass is 16.5. The molecule has 0 heterocycles. The van der Waals surface area contributed by atoms with Gasteiger partial charge in [-0.15, -0.1) is 0 Å². The summed E-state index contributed by atoms with van der Waals surface area (Å²) < 4.78 is 5.62. The van der Waals surface area contributed by atoms with Crippen LogP contribution in [0, 0.1) is 6.92 Å². The summed E-state index contributed by atoms with van der Waals surface area (Å²) >= 11 is 0. The van der Waals surface area contributed by atoms with Gasteiger partial charge in [0.25, 0.3) is 5.91 Å². The molecule has 0 aliphatic heterocycles. The predicted molar refractivity (Wildman–Crippen MR) is 95.7 cm³/mol. The first-order valence-electron chi connectivity index (χ1n) is 7.92. The van der Waals surface area contributed by atoms with E-state index in [0.29, 0.717) is 29.3 Å². The number of benzene rings is 2. The van der Waals surface area contributed by atoms with Crippen LogP contribution in [0.5, 0.6) is 5.75 Å². The zero-order valence-electron chi connectivity index (χ0n) is 14.2. The van der Waals surface area contributed by atoms with Crippen molar-refractivity contribution in [3.63, 3.8) is 0 Å². The number of amides is 2. The highest BCUT2D eigenvalue weighted by Gasteiger charge is 2.13. The fourth-order valence-corrected chi connectivity index (χ4v) is 2.21. The Balaban J connectivity index is 2.19. The average Bonchev–Trinajstić information content (AvgIpc) is 2.55. The van der Waals surface area contributed by atoms with E-state index in [1.54, 1.807) is 30.3 Å². The number of anilines is 2. The zero-order chi connectivity index (χ0) is 17.5. The van der Waals surface area contributed by atoms with E-state index in [9.17, 15) is 9.59 Å². The van der Waals surface area contributed by atoms with Crippen molar-refractivity contribution in [3.8, 4) is 5.75 Å². The minimum atomic E-state index is -0.251. The topological polar surface area (TPSA) is 67.4 Å². The molecule has 0 aliphatic carbocycles. The highest BCUT2D eigenvalue weighted by molar-refractivity contribution is 6.06. The number of ether oxygens (including phenoxy) is 1. The molecule has 2 rings (SSSR count). The molecular formula is C19H22N2O3. The van der Waals surface area contributed by atoms with Crippen LogP contribution in [0.15, 0.2) is 42.5 Å². The van der Waals surface area contributed by atoms with Crippen molar-refractivity contribution in [2.75, 3.05) is 17.2 Å². The Kier molecular flexibility index (Phi) is 5.95. The fourth-order valence-electron chi connectivity index (χ4n) is 2.21. The third kappa shape index (κ3) is 4.59. The first kappa shape index (κ1) is 17.5. The van der Waals surface area contributed by atoms with Gasteiger partial charge in [0.05, 0.1) is 12.2 Å². The molecule has 5 heteroatoms. The minimum Gasteiger partial charge on any atom is -0.493 e. The van der Waals surface area contributed by atoms with Gasteiger partial charge in [-0.1, -0.05) is 25.1 Å². The Bertz CT molecular complexity index is 741. The number of carbonyl (C=O) groups is 2. The lowest BCUT2D eigenvalue weighted by molar-refractivity contribution is -0.114. The van der Waals surface area contributed by atoms with Gasteiger partial charge in [0.15, 0.2) is 0 Å². The summed E-state index contributed by atoms with van der Waals surface area (Å²) in [5.41, 5.74) is 2.69. The van der Waals surface area contributed by atoms with Crippen molar-refractivity contribution in [1.82, 2.24) is 0 Å². The highest BCUT2D eigenvalue weighted by Crippen LogP contribution is 2.23. The third-order valence-electron chi connectivity index (χ3n) is 3.40. The molecule has 2 N–H and O–H groups in total. The third-order valence-corrected chi connectivity index (χ3v) is 3.40. The van der Waals surface area contributed by atoms with Crippen LogP contribution < -0.4 is 15.4 Å². The summed E-state index contributed by atoms with van der Waals surface area (Å²) in [7, 11) is 0. The number of para-hydroxylation sites is 1. The maximum absolute atomic E-state index is 12.5. The van der Waals surface area contributed by atoms with E-state index in [-0.39, 0.29) is 11.8 Å².